The molecule has 0 radical (unpaired) electrons. The minimum absolute atomic E-state index is 0.256. The van der Waals surface area contributed by atoms with Gasteiger partial charge in [-0.25, -0.2) is 0 Å². The van der Waals surface area contributed by atoms with Crippen molar-refractivity contribution in [2.75, 3.05) is 25.8 Å². The number of rotatable bonds is 4. The maximum atomic E-state index is 10.9. The second-order valence-electron chi connectivity index (χ2n) is 2.58. The SMILES string of the molecule is O=C(CP)CCNC1=NCCN1. The van der Waals surface area contributed by atoms with Gasteiger partial charge >= 0.3 is 0 Å². The van der Waals surface area contributed by atoms with Crippen LogP contribution in [0, 0.1) is 0 Å². The first-order valence-electron chi connectivity index (χ1n) is 4.07. The summed E-state index contributed by atoms with van der Waals surface area (Å²) in [7, 11) is 2.43. The predicted molar refractivity (Wildman–Crippen MR) is 52.5 cm³/mol. The van der Waals surface area contributed by atoms with Crippen molar-refractivity contribution >= 4 is 21.0 Å². The second kappa shape index (κ2) is 5.09. The minimum Gasteiger partial charge on any atom is -0.356 e. The molecule has 0 fully saturated rings. The van der Waals surface area contributed by atoms with Crippen LogP contribution in [0.15, 0.2) is 4.99 Å². The van der Waals surface area contributed by atoms with E-state index in [0.717, 1.165) is 19.0 Å². The van der Waals surface area contributed by atoms with Crippen molar-refractivity contribution in [2.24, 2.45) is 4.99 Å². The van der Waals surface area contributed by atoms with Gasteiger partial charge in [0.15, 0.2) is 5.96 Å². The van der Waals surface area contributed by atoms with E-state index in [0.29, 0.717) is 19.1 Å². The number of hydrogen-bond acceptors (Lipinski definition) is 4. The number of aliphatic imine (C=N–C) groups is 1. The molecule has 1 aliphatic heterocycles. The van der Waals surface area contributed by atoms with Gasteiger partial charge in [0.25, 0.3) is 0 Å². The van der Waals surface area contributed by atoms with Crippen molar-refractivity contribution in [3.8, 4) is 0 Å². The minimum atomic E-state index is 0.256. The van der Waals surface area contributed by atoms with Gasteiger partial charge in [0.1, 0.15) is 5.78 Å². The third kappa shape index (κ3) is 3.18. The van der Waals surface area contributed by atoms with Crippen molar-refractivity contribution in [1.29, 1.82) is 0 Å². The van der Waals surface area contributed by atoms with Gasteiger partial charge < -0.3 is 10.6 Å². The molecule has 1 rings (SSSR count). The molecule has 0 saturated carbocycles. The monoisotopic (exact) mass is 187 g/mol. The summed E-state index contributed by atoms with van der Waals surface area (Å²) >= 11 is 0. The van der Waals surface area contributed by atoms with Crippen LogP contribution in [-0.4, -0.2) is 37.5 Å². The lowest BCUT2D eigenvalue weighted by atomic mass is 10.3. The summed E-state index contributed by atoms with van der Waals surface area (Å²) in [5, 5.41) is 6.13. The molecular formula is C7H14N3OP. The molecule has 0 aromatic heterocycles. The summed E-state index contributed by atoms with van der Waals surface area (Å²) in [5.41, 5.74) is 0. The van der Waals surface area contributed by atoms with Crippen LogP contribution in [0.4, 0.5) is 0 Å². The molecule has 0 bridgehead atoms. The van der Waals surface area contributed by atoms with Gasteiger partial charge in [-0.1, -0.05) is 0 Å². The van der Waals surface area contributed by atoms with Gasteiger partial charge in [0, 0.05) is 25.7 Å². The van der Waals surface area contributed by atoms with Gasteiger partial charge in [-0.15, -0.1) is 9.24 Å². The molecule has 5 heteroatoms. The van der Waals surface area contributed by atoms with E-state index in [1.807, 2.05) is 0 Å². The lowest BCUT2D eigenvalue weighted by molar-refractivity contribution is -0.116. The van der Waals surface area contributed by atoms with E-state index in [9.17, 15) is 4.79 Å². The number of hydrogen-bond donors (Lipinski definition) is 2. The fraction of sp³-hybridized carbons (Fsp3) is 0.714. The summed E-state index contributed by atoms with van der Waals surface area (Å²) in [6, 6.07) is 0. The van der Waals surface area contributed by atoms with Crippen LogP contribution in [0.5, 0.6) is 0 Å². The number of Topliss-reactive ketones (excluding diaryl/α,β-unsaturated/α-hetero) is 1. The molecule has 0 aromatic carbocycles. The highest BCUT2D eigenvalue weighted by atomic mass is 31.0. The molecule has 2 N–H and O–H groups in total. The third-order valence-electron chi connectivity index (χ3n) is 1.60. The van der Waals surface area contributed by atoms with Crippen molar-refractivity contribution < 1.29 is 4.79 Å². The first-order valence-corrected chi connectivity index (χ1v) is 4.88. The number of nitrogens with one attached hydrogen (secondary N) is 2. The third-order valence-corrected chi connectivity index (χ3v) is 2.05. The summed E-state index contributed by atoms with van der Waals surface area (Å²) in [4.78, 5) is 15.0. The van der Waals surface area contributed by atoms with E-state index >= 15 is 0 Å². The molecule has 68 valence electrons. The number of nitrogens with zero attached hydrogens (tertiary/aromatic N) is 1. The average Bonchev–Trinajstić information content (AvgIpc) is 2.57. The zero-order chi connectivity index (χ0) is 8.81. The number of ketones is 1. The van der Waals surface area contributed by atoms with E-state index in [1.54, 1.807) is 0 Å². The van der Waals surface area contributed by atoms with Crippen LogP contribution >= 0.6 is 9.24 Å². The van der Waals surface area contributed by atoms with Gasteiger partial charge in [0.05, 0.1) is 6.54 Å². The fourth-order valence-electron chi connectivity index (χ4n) is 0.939. The number of carbonyl (C=O) groups is 1. The molecule has 0 aromatic rings. The maximum absolute atomic E-state index is 10.9. The van der Waals surface area contributed by atoms with E-state index in [1.165, 1.54) is 0 Å². The maximum Gasteiger partial charge on any atom is 0.191 e. The first-order chi connectivity index (χ1) is 5.83. The molecule has 0 spiro atoms. The van der Waals surface area contributed by atoms with Crippen molar-refractivity contribution in [1.82, 2.24) is 10.6 Å². The van der Waals surface area contributed by atoms with Crippen molar-refractivity contribution in [2.45, 2.75) is 6.42 Å². The molecular weight excluding hydrogens is 173 g/mol. The summed E-state index contributed by atoms with van der Waals surface area (Å²) < 4.78 is 0. The first kappa shape index (κ1) is 9.46. The Labute approximate surface area is 74.4 Å². The molecule has 0 amide bonds. The molecule has 4 nitrogen and oxygen atoms in total. The van der Waals surface area contributed by atoms with E-state index in [4.69, 9.17) is 0 Å². The zero-order valence-corrected chi connectivity index (χ0v) is 8.12. The quantitative estimate of drug-likeness (QED) is 0.576. The van der Waals surface area contributed by atoms with Crippen molar-refractivity contribution in [3.63, 3.8) is 0 Å². The molecule has 1 aliphatic rings. The Hall–Kier alpha value is -0.630. The molecule has 1 unspecified atom stereocenters. The number of guanidine groups is 1. The highest BCUT2D eigenvalue weighted by Gasteiger charge is 2.03. The lowest BCUT2D eigenvalue weighted by Gasteiger charge is -2.04. The average molecular weight is 187 g/mol. The van der Waals surface area contributed by atoms with Gasteiger partial charge in [0.2, 0.25) is 0 Å². The second-order valence-corrected chi connectivity index (χ2v) is 2.98. The standard InChI is InChI=1S/C7H14N3OP/c11-6(5-12)1-2-8-7-9-3-4-10-7/h1-5,12H2,(H2,8,9,10). The van der Waals surface area contributed by atoms with Crippen LogP contribution < -0.4 is 10.6 Å². The van der Waals surface area contributed by atoms with Gasteiger partial charge in [-0.3, -0.25) is 9.79 Å². The molecule has 12 heavy (non-hydrogen) atoms. The van der Waals surface area contributed by atoms with Crippen LogP contribution in [0.1, 0.15) is 6.42 Å². The fourth-order valence-corrected chi connectivity index (χ4v) is 1.14. The Morgan fingerprint density at radius 1 is 1.75 bits per heavy atom. The highest BCUT2D eigenvalue weighted by molar-refractivity contribution is 7.18. The van der Waals surface area contributed by atoms with E-state index in [2.05, 4.69) is 24.9 Å². The normalized spacial score (nSPS) is 15.2. The summed E-state index contributed by atoms with van der Waals surface area (Å²) in [6.07, 6.45) is 1.12. The van der Waals surface area contributed by atoms with E-state index in [-0.39, 0.29) is 5.78 Å². The largest absolute Gasteiger partial charge is 0.356 e. The molecule has 0 aliphatic carbocycles. The lowest BCUT2D eigenvalue weighted by Crippen LogP contribution is -2.35. The predicted octanol–water partition coefficient (Wildman–Crippen LogP) is -0.631. The summed E-state index contributed by atoms with van der Waals surface area (Å²) in [6.45, 7) is 2.42. The molecule has 1 atom stereocenters. The molecule has 1 heterocycles. The van der Waals surface area contributed by atoms with Crippen LogP contribution in [0.3, 0.4) is 0 Å². The Morgan fingerprint density at radius 3 is 3.17 bits per heavy atom. The van der Waals surface area contributed by atoms with E-state index < -0.39 is 0 Å². The van der Waals surface area contributed by atoms with Crippen LogP contribution in [0.2, 0.25) is 0 Å². The zero-order valence-electron chi connectivity index (χ0n) is 6.97. The van der Waals surface area contributed by atoms with Crippen molar-refractivity contribution in [3.05, 3.63) is 0 Å². The van der Waals surface area contributed by atoms with Gasteiger partial charge in [-0.05, 0) is 0 Å². The Bertz CT molecular complexity index is 193. The highest BCUT2D eigenvalue weighted by Crippen LogP contribution is 1.88. The molecule has 0 saturated heterocycles. The number of carbonyl (C=O) groups excluding carboxylic acids is 1. The van der Waals surface area contributed by atoms with Crippen LogP contribution in [0.25, 0.3) is 0 Å². The Morgan fingerprint density at radius 2 is 2.58 bits per heavy atom. The van der Waals surface area contributed by atoms with Crippen LogP contribution in [-0.2, 0) is 4.79 Å². The smallest absolute Gasteiger partial charge is 0.191 e. The Kier molecular flexibility index (Phi) is 4.01. The summed E-state index contributed by atoms with van der Waals surface area (Å²) in [5.74, 6) is 1.08. The topological polar surface area (TPSA) is 53.5 Å². The Balaban J connectivity index is 2.05. The van der Waals surface area contributed by atoms with Gasteiger partial charge in [-0.2, -0.15) is 0 Å².